The third-order valence-corrected chi connectivity index (χ3v) is 4.88. The number of benzene rings is 2. The lowest BCUT2D eigenvalue weighted by atomic mass is 10.1. The molecule has 2 aromatic carbocycles. The number of hydrogen-bond donors (Lipinski definition) is 2. The third kappa shape index (κ3) is 3.22. The summed E-state index contributed by atoms with van der Waals surface area (Å²) >= 11 is 0. The van der Waals surface area contributed by atoms with Crippen molar-refractivity contribution in [1.82, 2.24) is 10.3 Å². The lowest BCUT2D eigenvalue weighted by Crippen LogP contribution is -2.40. The quantitative estimate of drug-likeness (QED) is 0.527. The van der Waals surface area contributed by atoms with Crippen molar-refractivity contribution in [3.63, 3.8) is 0 Å². The average molecular weight is 377 g/mol. The monoisotopic (exact) mass is 377 g/mol. The standard InChI is InChI=1S/C21H19N3O4/c1-28-15-8-6-14(7-9-15)24-12-13(10-19(24)25)23-21(27)20(26)17-11-22-18-5-3-2-4-16(17)18/h2-9,11,13,22H,10,12H2,1H3,(H,23,27)/t13-/m1/s1. The normalized spacial score (nSPS) is 16.4. The molecule has 0 spiro atoms. The van der Waals surface area contributed by atoms with E-state index in [2.05, 4.69) is 10.3 Å². The number of amides is 2. The van der Waals surface area contributed by atoms with Crippen molar-refractivity contribution in [3.8, 4) is 5.75 Å². The van der Waals surface area contributed by atoms with Crippen LogP contribution in [0.15, 0.2) is 54.7 Å². The van der Waals surface area contributed by atoms with Crippen LogP contribution in [0.2, 0.25) is 0 Å². The highest BCUT2D eigenvalue weighted by Gasteiger charge is 2.33. The van der Waals surface area contributed by atoms with E-state index < -0.39 is 17.7 Å². The van der Waals surface area contributed by atoms with Gasteiger partial charge in [0, 0.05) is 35.8 Å². The van der Waals surface area contributed by atoms with Crippen molar-refractivity contribution in [2.24, 2.45) is 0 Å². The van der Waals surface area contributed by atoms with E-state index in [1.807, 2.05) is 18.2 Å². The Morgan fingerprint density at radius 1 is 1.14 bits per heavy atom. The molecule has 2 heterocycles. The molecule has 7 heteroatoms. The van der Waals surface area contributed by atoms with Crippen molar-refractivity contribution < 1.29 is 19.1 Å². The fourth-order valence-electron chi connectivity index (χ4n) is 3.45. The molecule has 3 aromatic rings. The number of nitrogens with zero attached hydrogens (tertiary/aromatic N) is 1. The number of carbonyl (C=O) groups is 3. The molecule has 1 saturated heterocycles. The summed E-state index contributed by atoms with van der Waals surface area (Å²) < 4.78 is 5.12. The maximum atomic E-state index is 12.6. The van der Waals surface area contributed by atoms with Crippen LogP contribution in [-0.2, 0) is 9.59 Å². The average Bonchev–Trinajstić information content (AvgIpc) is 3.31. The molecule has 1 aromatic heterocycles. The molecule has 0 unspecified atom stereocenters. The smallest absolute Gasteiger partial charge is 0.292 e. The zero-order valence-corrected chi connectivity index (χ0v) is 15.3. The largest absolute Gasteiger partial charge is 0.497 e. The van der Waals surface area contributed by atoms with Crippen LogP contribution in [0.4, 0.5) is 5.69 Å². The number of H-pyrrole nitrogens is 1. The minimum Gasteiger partial charge on any atom is -0.497 e. The number of nitrogens with one attached hydrogen (secondary N) is 2. The molecule has 2 amide bonds. The van der Waals surface area contributed by atoms with E-state index in [0.29, 0.717) is 23.2 Å². The van der Waals surface area contributed by atoms with E-state index in [0.717, 1.165) is 11.2 Å². The zero-order valence-electron chi connectivity index (χ0n) is 15.3. The SMILES string of the molecule is COc1ccc(N2C[C@H](NC(=O)C(=O)c3c[nH]c4ccccc34)CC2=O)cc1. The topological polar surface area (TPSA) is 91.5 Å². The van der Waals surface area contributed by atoms with Crippen LogP contribution in [0, 0.1) is 0 Å². The van der Waals surface area contributed by atoms with E-state index >= 15 is 0 Å². The van der Waals surface area contributed by atoms with E-state index in [9.17, 15) is 14.4 Å². The first-order valence-corrected chi connectivity index (χ1v) is 8.92. The van der Waals surface area contributed by atoms with Gasteiger partial charge in [-0.3, -0.25) is 14.4 Å². The summed E-state index contributed by atoms with van der Waals surface area (Å²) in [4.78, 5) is 42.0. The highest BCUT2D eigenvalue weighted by atomic mass is 16.5. The molecule has 2 N–H and O–H groups in total. The number of aromatic nitrogens is 1. The van der Waals surface area contributed by atoms with Gasteiger partial charge in [-0.15, -0.1) is 0 Å². The minimum absolute atomic E-state index is 0.102. The number of ketones is 1. The Balaban J connectivity index is 1.45. The van der Waals surface area contributed by atoms with Gasteiger partial charge in [-0.2, -0.15) is 0 Å². The Morgan fingerprint density at radius 3 is 2.64 bits per heavy atom. The predicted molar refractivity (Wildman–Crippen MR) is 105 cm³/mol. The predicted octanol–water partition coefficient (Wildman–Crippen LogP) is 2.28. The fraction of sp³-hybridized carbons (Fsp3) is 0.190. The first-order chi connectivity index (χ1) is 13.6. The van der Waals surface area contributed by atoms with Crippen molar-refractivity contribution in [2.45, 2.75) is 12.5 Å². The summed E-state index contributed by atoms with van der Waals surface area (Å²) in [5.41, 5.74) is 1.84. The maximum absolute atomic E-state index is 12.6. The Bertz CT molecular complexity index is 1050. The Hall–Kier alpha value is -3.61. The number of anilines is 1. The molecule has 142 valence electrons. The van der Waals surface area contributed by atoms with Crippen LogP contribution in [0.5, 0.6) is 5.75 Å². The molecule has 28 heavy (non-hydrogen) atoms. The summed E-state index contributed by atoms with van der Waals surface area (Å²) in [6.07, 6.45) is 1.69. The molecule has 1 fully saturated rings. The van der Waals surface area contributed by atoms with E-state index in [4.69, 9.17) is 4.74 Å². The lowest BCUT2D eigenvalue weighted by molar-refractivity contribution is -0.118. The van der Waals surface area contributed by atoms with Gasteiger partial charge in [-0.05, 0) is 30.3 Å². The van der Waals surface area contributed by atoms with Gasteiger partial charge < -0.3 is 19.9 Å². The molecule has 0 radical (unpaired) electrons. The van der Waals surface area contributed by atoms with Crippen LogP contribution >= 0.6 is 0 Å². The number of Topliss-reactive ketones (excluding diaryl/α,β-unsaturated/α-hetero) is 1. The summed E-state index contributed by atoms with van der Waals surface area (Å²) in [5, 5.41) is 3.39. The third-order valence-electron chi connectivity index (χ3n) is 4.88. The number of methoxy groups -OCH3 is 1. The Morgan fingerprint density at radius 2 is 1.89 bits per heavy atom. The van der Waals surface area contributed by atoms with E-state index in [1.165, 1.54) is 6.20 Å². The number of para-hydroxylation sites is 1. The summed E-state index contributed by atoms with van der Waals surface area (Å²) in [7, 11) is 1.58. The molecule has 1 aliphatic heterocycles. The summed E-state index contributed by atoms with van der Waals surface area (Å²) in [6, 6.07) is 14.0. The highest BCUT2D eigenvalue weighted by Crippen LogP contribution is 2.24. The number of hydrogen-bond acceptors (Lipinski definition) is 4. The highest BCUT2D eigenvalue weighted by molar-refractivity contribution is 6.45. The van der Waals surface area contributed by atoms with Crippen LogP contribution in [0.1, 0.15) is 16.8 Å². The molecule has 7 nitrogen and oxygen atoms in total. The van der Waals surface area contributed by atoms with Crippen molar-refractivity contribution in [3.05, 3.63) is 60.3 Å². The molecular weight excluding hydrogens is 358 g/mol. The van der Waals surface area contributed by atoms with Crippen LogP contribution in [0.25, 0.3) is 10.9 Å². The second kappa shape index (κ2) is 7.19. The van der Waals surface area contributed by atoms with Gasteiger partial charge in [0.2, 0.25) is 5.91 Å². The van der Waals surface area contributed by atoms with E-state index in [-0.39, 0.29) is 12.3 Å². The molecule has 0 saturated carbocycles. The van der Waals surface area contributed by atoms with Gasteiger partial charge in [0.1, 0.15) is 5.75 Å². The number of aromatic amines is 1. The number of ether oxygens (including phenoxy) is 1. The van der Waals surface area contributed by atoms with Crippen LogP contribution in [0.3, 0.4) is 0 Å². The molecule has 0 bridgehead atoms. The minimum atomic E-state index is -0.709. The fourth-order valence-corrected chi connectivity index (χ4v) is 3.45. The molecule has 0 aliphatic carbocycles. The van der Waals surface area contributed by atoms with Gasteiger partial charge in [-0.25, -0.2) is 0 Å². The first-order valence-electron chi connectivity index (χ1n) is 8.92. The second-order valence-corrected chi connectivity index (χ2v) is 6.65. The van der Waals surface area contributed by atoms with Crippen LogP contribution < -0.4 is 15.0 Å². The second-order valence-electron chi connectivity index (χ2n) is 6.65. The number of fused-ring (bicyclic) bond motifs is 1. The Labute approximate surface area is 161 Å². The van der Waals surface area contributed by atoms with Gasteiger partial charge in [0.05, 0.1) is 18.7 Å². The molecule has 4 rings (SSSR count). The molecular formula is C21H19N3O4. The van der Waals surface area contributed by atoms with Gasteiger partial charge in [0.25, 0.3) is 11.7 Å². The molecule has 1 aliphatic rings. The van der Waals surface area contributed by atoms with Crippen molar-refractivity contribution in [2.75, 3.05) is 18.6 Å². The number of carbonyl (C=O) groups excluding carboxylic acids is 3. The van der Waals surface area contributed by atoms with Crippen molar-refractivity contribution >= 4 is 34.2 Å². The lowest BCUT2D eigenvalue weighted by Gasteiger charge is -2.17. The number of rotatable bonds is 5. The van der Waals surface area contributed by atoms with Crippen LogP contribution in [-0.4, -0.2) is 42.3 Å². The van der Waals surface area contributed by atoms with Gasteiger partial charge in [0.15, 0.2) is 0 Å². The summed E-state index contributed by atoms with van der Waals surface area (Å²) in [6.45, 7) is 0.318. The van der Waals surface area contributed by atoms with Gasteiger partial charge in [-0.1, -0.05) is 18.2 Å². The first kappa shape index (κ1) is 17.8. The maximum Gasteiger partial charge on any atom is 0.292 e. The Kier molecular flexibility index (Phi) is 4.57. The van der Waals surface area contributed by atoms with E-state index in [1.54, 1.807) is 42.3 Å². The van der Waals surface area contributed by atoms with Gasteiger partial charge >= 0.3 is 0 Å². The van der Waals surface area contributed by atoms with Crippen molar-refractivity contribution in [1.29, 1.82) is 0 Å². The molecule has 1 atom stereocenters. The zero-order chi connectivity index (χ0) is 19.7. The summed E-state index contributed by atoms with van der Waals surface area (Å²) in [5.74, 6) is -0.730.